The van der Waals surface area contributed by atoms with Gasteiger partial charge in [-0.3, -0.25) is 9.59 Å². The van der Waals surface area contributed by atoms with Gasteiger partial charge in [0.2, 0.25) is 5.91 Å². The van der Waals surface area contributed by atoms with E-state index in [4.69, 9.17) is 0 Å². The van der Waals surface area contributed by atoms with E-state index in [1.54, 1.807) is 0 Å². The lowest BCUT2D eigenvalue weighted by Gasteiger charge is -2.16. The van der Waals surface area contributed by atoms with Crippen LogP contribution in [0.15, 0.2) is 0 Å². The summed E-state index contributed by atoms with van der Waals surface area (Å²) >= 11 is 0. The lowest BCUT2D eigenvalue weighted by atomic mass is 10.0. The molecule has 0 heterocycles. The molecule has 4 nitrogen and oxygen atoms in total. The van der Waals surface area contributed by atoms with Gasteiger partial charge in [0, 0.05) is 19.3 Å². The van der Waals surface area contributed by atoms with Crippen LogP contribution in [0.5, 0.6) is 0 Å². The largest absolute Gasteiger partial charge is 0.394 e. The maximum atomic E-state index is 12.3. The predicted molar refractivity (Wildman–Crippen MR) is 197 cm³/mol. The monoisotopic (exact) mass is 636 g/mol. The number of Topliss-reactive ketones (excluding diaryl/α,β-unsaturated/α-hetero) is 1. The van der Waals surface area contributed by atoms with Crippen LogP contribution < -0.4 is 5.32 Å². The number of ketones is 1. The summed E-state index contributed by atoms with van der Waals surface area (Å²) in [6.45, 7) is 4.59. The molecule has 1 amide bonds. The zero-order chi connectivity index (χ0) is 32.9. The summed E-state index contributed by atoms with van der Waals surface area (Å²) in [6.07, 6.45) is 42.9. The van der Waals surface area contributed by atoms with Gasteiger partial charge in [-0.25, -0.2) is 0 Å². The molecule has 4 heteroatoms. The Morgan fingerprint density at radius 1 is 0.422 bits per heavy atom. The standard InChI is InChI=1S/C41H81NO3/c1-3-5-7-9-11-13-14-15-16-17-19-22-26-30-34-39(38-43)42-41(45)37-33-29-25-21-20-24-28-32-36-40(44)35-31-27-23-18-12-10-8-6-4-2/h39,43H,3-38H2,1-2H3,(H,42,45). The molecule has 0 spiro atoms. The highest BCUT2D eigenvalue weighted by molar-refractivity contribution is 5.78. The Balaban J connectivity index is 3.43. The third-order valence-corrected chi connectivity index (χ3v) is 9.66. The van der Waals surface area contributed by atoms with Crippen LogP contribution >= 0.6 is 0 Å². The Kier molecular flexibility index (Phi) is 36.8. The molecular weight excluding hydrogens is 554 g/mol. The molecule has 0 radical (unpaired) electrons. The van der Waals surface area contributed by atoms with E-state index >= 15 is 0 Å². The molecule has 0 saturated heterocycles. The average Bonchev–Trinajstić information content (AvgIpc) is 3.04. The van der Waals surface area contributed by atoms with Gasteiger partial charge in [0.15, 0.2) is 0 Å². The summed E-state index contributed by atoms with van der Waals surface area (Å²) in [7, 11) is 0. The summed E-state index contributed by atoms with van der Waals surface area (Å²) in [5.74, 6) is 0.575. The van der Waals surface area contributed by atoms with Crippen LogP contribution in [0, 0.1) is 0 Å². The normalized spacial score (nSPS) is 12.1. The third-order valence-electron chi connectivity index (χ3n) is 9.66. The Labute approximate surface area is 282 Å². The summed E-state index contributed by atoms with van der Waals surface area (Å²) in [5, 5.41) is 12.8. The van der Waals surface area contributed by atoms with Gasteiger partial charge in [0.05, 0.1) is 12.6 Å². The number of aliphatic hydroxyl groups excluding tert-OH is 1. The molecule has 0 fully saturated rings. The molecule has 0 aliphatic carbocycles. The van der Waals surface area contributed by atoms with E-state index in [9.17, 15) is 14.7 Å². The number of carbonyl (C=O) groups is 2. The minimum atomic E-state index is -0.0770. The van der Waals surface area contributed by atoms with Crippen LogP contribution in [-0.4, -0.2) is 29.4 Å². The number of carbonyl (C=O) groups excluding carboxylic acids is 2. The van der Waals surface area contributed by atoms with Gasteiger partial charge >= 0.3 is 0 Å². The minimum absolute atomic E-state index is 0.0506. The SMILES string of the molecule is CCCCCCCCCCCCCCCCC(CO)NC(=O)CCCCCCCCCCC(=O)CCCCCCCCCCC. The molecule has 2 N–H and O–H groups in total. The molecule has 0 rings (SSSR count). The number of rotatable bonds is 38. The first-order chi connectivity index (χ1) is 22.1. The Morgan fingerprint density at radius 2 is 0.711 bits per heavy atom. The maximum absolute atomic E-state index is 12.3. The van der Waals surface area contributed by atoms with Gasteiger partial charge in [-0.15, -0.1) is 0 Å². The van der Waals surface area contributed by atoms with Gasteiger partial charge < -0.3 is 10.4 Å². The van der Waals surface area contributed by atoms with Crippen molar-refractivity contribution in [1.82, 2.24) is 5.32 Å². The van der Waals surface area contributed by atoms with Crippen LogP contribution in [0.4, 0.5) is 0 Å². The van der Waals surface area contributed by atoms with E-state index in [1.807, 2.05) is 0 Å². The summed E-state index contributed by atoms with van der Waals surface area (Å²) < 4.78 is 0. The van der Waals surface area contributed by atoms with Gasteiger partial charge in [0.1, 0.15) is 5.78 Å². The molecular formula is C41H81NO3. The molecule has 0 aromatic rings. The lowest BCUT2D eigenvalue weighted by molar-refractivity contribution is -0.122. The molecule has 0 aliphatic rings. The number of hydrogen-bond acceptors (Lipinski definition) is 3. The fourth-order valence-electron chi connectivity index (χ4n) is 6.52. The summed E-state index contributed by atoms with van der Waals surface area (Å²) in [5.41, 5.74) is 0. The fraction of sp³-hybridized carbons (Fsp3) is 0.951. The molecule has 268 valence electrons. The highest BCUT2D eigenvalue weighted by Gasteiger charge is 2.11. The van der Waals surface area contributed by atoms with Crippen LogP contribution in [0.25, 0.3) is 0 Å². The predicted octanol–water partition coefficient (Wildman–Crippen LogP) is 12.7. The van der Waals surface area contributed by atoms with Crippen molar-refractivity contribution in [2.24, 2.45) is 0 Å². The smallest absolute Gasteiger partial charge is 0.220 e. The van der Waals surface area contributed by atoms with Crippen molar-refractivity contribution in [1.29, 1.82) is 0 Å². The maximum Gasteiger partial charge on any atom is 0.220 e. The second kappa shape index (κ2) is 37.6. The van der Waals surface area contributed by atoms with E-state index in [0.29, 0.717) is 12.2 Å². The first-order valence-electron chi connectivity index (χ1n) is 20.6. The number of amides is 1. The Bertz CT molecular complexity index is 608. The molecule has 1 unspecified atom stereocenters. The lowest BCUT2D eigenvalue weighted by Crippen LogP contribution is -2.37. The fourth-order valence-corrected chi connectivity index (χ4v) is 6.52. The van der Waals surface area contributed by atoms with Crippen LogP contribution in [0.2, 0.25) is 0 Å². The number of nitrogens with one attached hydrogen (secondary N) is 1. The molecule has 0 saturated carbocycles. The first-order valence-corrected chi connectivity index (χ1v) is 20.6. The van der Waals surface area contributed by atoms with Gasteiger partial charge in [0.25, 0.3) is 0 Å². The van der Waals surface area contributed by atoms with Crippen LogP contribution in [-0.2, 0) is 9.59 Å². The van der Waals surface area contributed by atoms with Crippen molar-refractivity contribution in [3.63, 3.8) is 0 Å². The first kappa shape index (κ1) is 44.1. The number of hydrogen-bond donors (Lipinski definition) is 2. The van der Waals surface area contributed by atoms with E-state index in [-0.39, 0.29) is 18.6 Å². The Hall–Kier alpha value is -0.900. The van der Waals surface area contributed by atoms with E-state index < -0.39 is 0 Å². The average molecular weight is 636 g/mol. The topological polar surface area (TPSA) is 66.4 Å². The van der Waals surface area contributed by atoms with E-state index in [1.165, 1.54) is 167 Å². The van der Waals surface area contributed by atoms with Crippen molar-refractivity contribution in [3.05, 3.63) is 0 Å². The molecule has 0 aromatic heterocycles. The van der Waals surface area contributed by atoms with Gasteiger partial charge in [-0.05, 0) is 25.7 Å². The Morgan fingerprint density at radius 3 is 1.04 bits per heavy atom. The van der Waals surface area contributed by atoms with Crippen molar-refractivity contribution in [3.8, 4) is 0 Å². The third kappa shape index (κ3) is 35.8. The highest BCUT2D eigenvalue weighted by Crippen LogP contribution is 2.16. The quantitative estimate of drug-likeness (QED) is 0.0663. The van der Waals surface area contributed by atoms with Crippen LogP contribution in [0.1, 0.15) is 239 Å². The molecule has 0 bridgehead atoms. The second-order valence-electron chi connectivity index (χ2n) is 14.3. The minimum Gasteiger partial charge on any atom is -0.394 e. The zero-order valence-corrected chi connectivity index (χ0v) is 30.8. The summed E-state index contributed by atoms with van der Waals surface area (Å²) in [4.78, 5) is 24.4. The van der Waals surface area contributed by atoms with Crippen molar-refractivity contribution >= 4 is 11.7 Å². The van der Waals surface area contributed by atoms with Crippen molar-refractivity contribution in [2.75, 3.05) is 6.61 Å². The number of aliphatic hydroxyl groups is 1. The van der Waals surface area contributed by atoms with E-state index in [0.717, 1.165) is 51.4 Å². The molecule has 0 aromatic carbocycles. The van der Waals surface area contributed by atoms with Gasteiger partial charge in [-0.2, -0.15) is 0 Å². The van der Waals surface area contributed by atoms with E-state index in [2.05, 4.69) is 19.2 Å². The molecule has 0 aliphatic heterocycles. The second-order valence-corrected chi connectivity index (χ2v) is 14.3. The molecule has 1 atom stereocenters. The molecule has 45 heavy (non-hydrogen) atoms. The van der Waals surface area contributed by atoms with Gasteiger partial charge in [-0.1, -0.05) is 194 Å². The zero-order valence-electron chi connectivity index (χ0n) is 30.8. The van der Waals surface area contributed by atoms with Crippen molar-refractivity contribution < 1.29 is 14.7 Å². The summed E-state index contributed by atoms with van der Waals surface area (Å²) in [6, 6.07) is -0.0770. The highest BCUT2D eigenvalue weighted by atomic mass is 16.3. The number of unbranched alkanes of at least 4 members (excludes halogenated alkanes) is 28. The van der Waals surface area contributed by atoms with Crippen molar-refractivity contribution in [2.45, 2.75) is 245 Å². The van der Waals surface area contributed by atoms with Crippen LogP contribution in [0.3, 0.4) is 0 Å².